The highest BCUT2D eigenvalue weighted by molar-refractivity contribution is 5.29. The second-order valence-electron chi connectivity index (χ2n) is 5.64. The summed E-state index contributed by atoms with van der Waals surface area (Å²) in [6, 6.07) is 8.76. The van der Waals surface area contributed by atoms with Crippen LogP contribution in [-0.4, -0.2) is 50.9 Å². The summed E-state index contributed by atoms with van der Waals surface area (Å²) in [4.78, 5) is 2.50. The van der Waals surface area contributed by atoms with Gasteiger partial charge in [-0.15, -0.1) is 0 Å². The minimum atomic E-state index is 0.324. The first-order chi connectivity index (χ1) is 10.2. The lowest BCUT2D eigenvalue weighted by molar-refractivity contribution is 0.0665. The van der Waals surface area contributed by atoms with Crippen molar-refractivity contribution in [1.29, 1.82) is 0 Å². The highest BCUT2D eigenvalue weighted by Gasteiger charge is 2.19. The molecule has 1 heterocycles. The number of ether oxygens (including phenoxy) is 2. The Bertz CT molecular complexity index is 408. The molecule has 118 valence electrons. The molecular formula is C17H28N2O2. The van der Waals surface area contributed by atoms with E-state index in [0.717, 1.165) is 38.4 Å². The number of nitrogens with one attached hydrogen (secondary N) is 1. The first-order valence-corrected chi connectivity index (χ1v) is 7.97. The van der Waals surface area contributed by atoms with Gasteiger partial charge in [-0.3, -0.25) is 4.90 Å². The quantitative estimate of drug-likeness (QED) is 0.873. The molecule has 0 bridgehead atoms. The lowest BCUT2D eigenvalue weighted by Crippen LogP contribution is -2.37. The van der Waals surface area contributed by atoms with Crippen molar-refractivity contribution >= 4 is 0 Å². The zero-order valence-corrected chi connectivity index (χ0v) is 13.5. The third-order valence-corrected chi connectivity index (χ3v) is 3.92. The molecule has 2 atom stereocenters. The molecule has 1 aliphatic heterocycles. The van der Waals surface area contributed by atoms with E-state index in [4.69, 9.17) is 9.47 Å². The van der Waals surface area contributed by atoms with Crippen molar-refractivity contribution in [3.05, 3.63) is 29.8 Å². The third kappa shape index (κ3) is 4.99. The second-order valence-corrected chi connectivity index (χ2v) is 5.64. The topological polar surface area (TPSA) is 33.7 Å². The van der Waals surface area contributed by atoms with Gasteiger partial charge in [0.1, 0.15) is 5.75 Å². The molecular weight excluding hydrogens is 264 g/mol. The van der Waals surface area contributed by atoms with E-state index in [-0.39, 0.29) is 0 Å². The Kier molecular flexibility index (Phi) is 6.49. The van der Waals surface area contributed by atoms with E-state index in [2.05, 4.69) is 41.4 Å². The van der Waals surface area contributed by atoms with E-state index in [1.54, 1.807) is 0 Å². The second kappa shape index (κ2) is 8.37. The molecule has 4 nitrogen and oxygen atoms in total. The highest BCUT2D eigenvalue weighted by atomic mass is 16.5. The van der Waals surface area contributed by atoms with E-state index in [9.17, 15) is 0 Å². The van der Waals surface area contributed by atoms with Crippen LogP contribution in [0, 0.1) is 0 Å². The standard InChI is InChI=1S/C17H28N2O2/c1-4-20-16-8-6-15(7-9-16)17(18-3)13-19-10-5-11-21-14(2)12-19/h6-9,14,17-18H,4-5,10-13H2,1-3H3. The van der Waals surface area contributed by atoms with Crippen LogP contribution in [0.1, 0.15) is 31.9 Å². The lowest BCUT2D eigenvalue weighted by atomic mass is 10.1. The van der Waals surface area contributed by atoms with Gasteiger partial charge in [0.15, 0.2) is 0 Å². The van der Waals surface area contributed by atoms with Crippen LogP contribution in [-0.2, 0) is 4.74 Å². The first-order valence-electron chi connectivity index (χ1n) is 7.97. The first kappa shape index (κ1) is 16.3. The summed E-state index contributed by atoms with van der Waals surface area (Å²) in [5.74, 6) is 0.938. The summed E-state index contributed by atoms with van der Waals surface area (Å²) in [7, 11) is 2.03. The summed E-state index contributed by atoms with van der Waals surface area (Å²) in [5, 5.41) is 3.43. The van der Waals surface area contributed by atoms with Crippen molar-refractivity contribution in [2.24, 2.45) is 0 Å². The molecule has 0 saturated carbocycles. The Morgan fingerprint density at radius 2 is 2.14 bits per heavy atom. The molecule has 21 heavy (non-hydrogen) atoms. The molecule has 1 saturated heterocycles. The summed E-state index contributed by atoms with van der Waals surface area (Å²) in [6.07, 6.45) is 1.44. The Balaban J connectivity index is 1.98. The monoisotopic (exact) mass is 292 g/mol. The maximum atomic E-state index is 5.72. The van der Waals surface area contributed by atoms with E-state index >= 15 is 0 Å². The van der Waals surface area contributed by atoms with Crippen LogP contribution in [0.2, 0.25) is 0 Å². The largest absolute Gasteiger partial charge is 0.494 e. The average Bonchev–Trinajstić information content (AvgIpc) is 2.70. The minimum absolute atomic E-state index is 0.324. The minimum Gasteiger partial charge on any atom is -0.494 e. The maximum absolute atomic E-state index is 5.72. The molecule has 1 aromatic carbocycles. The number of benzene rings is 1. The fourth-order valence-corrected chi connectivity index (χ4v) is 2.83. The predicted octanol–water partition coefficient (Wildman–Crippen LogP) is 2.46. The van der Waals surface area contributed by atoms with Gasteiger partial charge >= 0.3 is 0 Å². The SMILES string of the molecule is CCOc1ccc(C(CN2CCCOC(C)C2)NC)cc1. The van der Waals surface area contributed by atoms with Gasteiger partial charge in [-0.1, -0.05) is 12.1 Å². The summed E-state index contributed by atoms with van der Waals surface area (Å²) >= 11 is 0. The maximum Gasteiger partial charge on any atom is 0.119 e. The molecule has 4 heteroatoms. The van der Waals surface area contributed by atoms with Crippen LogP contribution in [0.25, 0.3) is 0 Å². The number of rotatable bonds is 6. The van der Waals surface area contributed by atoms with Crippen molar-refractivity contribution in [2.45, 2.75) is 32.4 Å². The molecule has 0 aromatic heterocycles. The van der Waals surface area contributed by atoms with E-state index < -0.39 is 0 Å². The van der Waals surface area contributed by atoms with Crippen LogP contribution in [0.4, 0.5) is 0 Å². The molecule has 2 unspecified atom stereocenters. The summed E-state index contributed by atoms with van der Waals surface area (Å²) < 4.78 is 11.2. The Labute approximate surface area is 128 Å². The van der Waals surface area contributed by atoms with Crippen LogP contribution in [0.15, 0.2) is 24.3 Å². The molecule has 0 spiro atoms. The van der Waals surface area contributed by atoms with Crippen LogP contribution in [0.5, 0.6) is 5.75 Å². The van der Waals surface area contributed by atoms with Gasteiger partial charge in [-0.05, 0) is 45.0 Å². The van der Waals surface area contributed by atoms with Crippen molar-refractivity contribution in [1.82, 2.24) is 10.2 Å². The molecule has 1 aromatic rings. The Hall–Kier alpha value is -1.10. The third-order valence-electron chi connectivity index (χ3n) is 3.92. The molecule has 2 rings (SSSR count). The normalized spacial score (nSPS) is 21.8. The van der Waals surface area contributed by atoms with E-state index in [1.165, 1.54) is 5.56 Å². The van der Waals surface area contributed by atoms with Crippen LogP contribution in [0.3, 0.4) is 0 Å². The molecule has 0 aliphatic carbocycles. The smallest absolute Gasteiger partial charge is 0.119 e. The molecule has 1 N–H and O–H groups in total. The number of likely N-dealkylation sites (N-methyl/N-ethyl adjacent to an activating group) is 1. The van der Waals surface area contributed by atoms with Gasteiger partial charge in [0, 0.05) is 32.3 Å². The van der Waals surface area contributed by atoms with Gasteiger partial charge in [0.2, 0.25) is 0 Å². The predicted molar refractivity (Wildman–Crippen MR) is 85.9 cm³/mol. The van der Waals surface area contributed by atoms with E-state index in [1.807, 2.05) is 14.0 Å². The Morgan fingerprint density at radius 3 is 2.81 bits per heavy atom. The summed E-state index contributed by atoms with van der Waals surface area (Å²) in [5.41, 5.74) is 1.30. The number of hydrogen-bond donors (Lipinski definition) is 1. The summed E-state index contributed by atoms with van der Waals surface area (Å²) in [6.45, 7) is 8.88. The van der Waals surface area contributed by atoms with Crippen LogP contribution < -0.4 is 10.1 Å². The van der Waals surface area contributed by atoms with Crippen molar-refractivity contribution < 1.29 is 9.47 Å². The molecule has 1 fully saturated rings. The molecule has 0 amide bonds. The van der Waals surface area contributed by atoms with Crippen molar-refractivity contribution in [3.8, 4) is 5.75 Å². The lowest BCUT2D eigenvalue weighted by Gasteiger charge is -2.27. The molecule has 0 radical (unpaired) electrons. The van der Waals surface area contributed by atoms with Crippen molar-refractivity contribution in [2.75, 3.05) is 39.9 Å². The average molecular weight is 292 g/mol. The number of nitrogens with zero attached hydrogens (tertiary/aromatic N) is 1. The van der Waals surface area contributed by atoms with Crippen LogP contribution >= 0.6 is 0 Å². The fraction of sp³-hybridized carbons (Fsp3) is 0.647. The van der Waals surface area contributed by atoms with Crippen molar-refractivity contribution in [3.63, 3.8) is 0 Å². The Morgan fingerprint density at radius 1 is 1.38 bits per heavy atom. The zero-order chi connectivity index (χ0) is 15.1. The fourth-order valence-electron chi connectivity index (χ4n) is 2.83. The highest BCUT2D eigenvalue weighted by Crippen LogP contribution is 2.19. The van der Waals surface area contributed by atoms with E-state index in [0.29, 0.717) is 18.8 Å². The zero-order valence-electron chi connectivity index (χ0n) is 13.5. The number of hydrogen-bond acceptors (Lipinski definition) is 4. The molecule has 1 aliphatic rings. The van der Waals surface area contributed by atoms with Gasteiger partial charge < -0.3 is 14.8 Å². The van der Waals surface area contributed by atoms with Gasteiger partial charge in [-0.25, -0.2) is 0 Å². The van der Waals surface area contributed by atoms with Gasteiger partial charge in [0.05, 0.1) is 12.7 Å². The van der Waals surface area contributed by atoms with Gasteiger partial charge in [0.25, 0.3) is 0 Å². The van der Waals surface area contributed by atoms with Gasteiger partial charge in [-0.2, -0.15) is 0 Å².